The van der Waals surface area contributed by atoms with Crippen molar-refractivity contribution in [2.24, 2.45) is 0 Å². The first-order valence-corrected chi connectivity index (χ1v) is 8.90. The van der Waals surface area contributed by atoms with Crippen LogP contribution < -0.4 is 0 Å². The van der Waals surface area contributed by atoms with Crippen LogP contribution in [0.15, 0.2) is 30.3 Å². The van der Waals surface area contributed by atoms with Gasteiger partial charge in [0, 0.05) is 32.7 Å². The summed E-state index contributed by atoms with van der Waals surface area (Å²) in [4.78, 5) is 16.3. The molecule has 1 aromatic carbocycles. The Hall–Kier alpha value is -2.35. The van der Waals surface area contributed by atoms with Crippen molar-refractivity contribution >= 4 is 5.91 Å². The topological polar surface area (TPSA) is 41.4 Å². The number of hydrogen-bond donors (Lipinski definition) is 0. The first-order chi connectivity index (χ1) is 12.7. The Morgan fingerprint density at radius 1 is 1.11 bits per heavy atom. The lowest BCUT2D eigenvalue weighted by Crippen LogP contribution is -2.49. The number of carbonyl (C=O) groups is 1. The van der Waals surface area contributed by atoms with Crippen molar-refractivity contribution in [3.8, 4) is 0 Å². The fourth-order valence-corrected chi connectivity index (χ4v) is 3.31. The lowest BCUT2D eigenvalue weighted by molar-refractivity contribution is -0.146. The Labute approximate surface area is 156 Å². The Balaban J connectivity index is 1.57. The molecule has 2 heterocycles. The van der Waals surface area contributed by atoms with E-state index in [2.05, 4.69) is 29.1 Å². The number of piperazine rings is 1. The minimum atomic E-state index is -4.52. The predicted octanol–water partition coefficient (Wildman–Crippen LogP) is 2.86. The van der Waals surface area contributed by atoms with Gasteiger partial charge in [-0.1, -0.05) is 24.3 Å². The molecule has 1 aliphatic heterocycles. The summed E-state index contributed by atoms with van der Waals surface area (Å²) in [6, 6.07) is 9.13. The van der Waals surface area contributed by atoms with Gasteiger partial charge in [0.1, 0.15) is 12.2 Å². The van der Waals surface area contributed by atoms with E-state index in [-0.39, 0.29) is 18.1 Å². The molecule has 0 bridgehead atoms. The third kappa shape index (κ3) is 4.68. The molecule has 1 fully saturated rings. The van der Waals surface area contributed by atoms with Crippen molar-refractivity contribution in [2.75, 3.05) is 26.2 Å². The van der Waals surface area contributed by atoms with Gasteiger partial charge in [0.05, 0.1) is 5.69 Å². The van der Waals surface area contributed by atoms with Gasteiger partial charge in [0.25, 0.3) is 0 Å². The summed E-state index contributed by atoms with van der Waals surface area (Å²) >= 11 is 0. The second-order valence-corrected chi connectivity index (χ2v) is 6.91. The number of rotatable bonds is 4. The summed E-state index contributed by atoms with van der Waals surface area (Å²) in [6.07, 6.45) is -4.52. The number of halogens is 3. The SMILES string of the molecule is Cc1cc(C(F)(F)F)n(CC(=O)N2CCN(Cc3ccccc3C)CC2)n1. The fraction of sp³-hybridized carbons (Fsp3) is 0.474. The van der Waals surface area contributed by atoms with E-state index in [9.17, 15) is 18.0 Å². The quantitative estimate of drug-likeness (QED) is 0.819. The van der Waals surface area contributed by atoms with Crippen LogP contribution in [-0.4, -0.2) is 51.7 Å². The largest absolute Gasteiger partial charge is 0.433 e. The monoisotopic (exact) mass is 380 g/mol. The minimum Gasteiger partial charge on any atom is -0.339 e. The molecule has 5 nitrogen and oxygen atoms in total. The van der Waals surface area contributed by atoms with Gasteiger partial charge in [0.2, 0.25) is 5.91 Å². The van der Waals surface area contributed by atoms with Crippen LogP contribution in [0, 0.1) is 13.8 Å². The lowest BCUT2D eigenvalue weighted by Gasteiger charge is -2.35. The lowest BCUT2D eigenvalue weighted by atomic mass is 10.1. The Morgan fingerprint density at radius 3 is 2.41 bits per heavy atom. The van der Waals surface area contributed by atoms with Gasteiger partial charge in [-0.2, -0.15) is 18.3 Å². The highest BCUT2D eigenvalue weighted by Gasteiger charge is 2.36. The molecule has 1 amide bonds. The van der Waals surface area contributed by atoms with Crippen LogP contribution in [0.3, 0.4) is 0 Å². The molecule has 0 radical (unpaired) electrons. The highest BCUT2D eigenvalue weighted by atomic mass is 19.4. The van der Waals surface area contributed by atoms with E-state index in [0.29, 0.717) is 26.2 Å². The van der Waals surface area contributed by atoms with Crippen molar-refractivity contribution in [2.45, 2.75) is 33.1 Å². The number of alkyl halides is 3. The maximum absolute atomic E-state index is 13.1. The molecule has 0 N–H and O–H groups in total. The molecule has 0 spiro atoms. The van der Waals surface area contributed by atoms with E-state index < -0.39 is 11.9 Å². The molecule has 1 aromatic heterocycles. The van der Waals surface area contributed by atoms with Crippen LogP contribution in [0.4, 0.5) is 13.2 Å². The molecule has 2 aromatic rings. The van der Waals surface area contributed by atoms with E-state index in [1.54, 1.807) is 4.90 Å². The molecule has 0 saturated carbocycles. The average Bonchev–Trinajstić information content (AvgIpc) is 2.98. The molecule has 1 aliphatic rings. The average molecular weight is 380 g/mol. The van der Waals surface area contributed by atoms with Crippen molar-refractivity contribution in [3.63, 3.8) is 0 Å². The second kappa shape index (κ2) is 7.72. The molecule has 1 saturated heterocycles. The summed E-state index contributed by atoms with van der Waals surface area (Å²) in [7, 11) is 0. The molecule has 0 unspecified atom stereocenters. The number of aromatic nitrogens is 2. The highest BCUT2D eigenvalue weighted by Crippen LogP contribution is 2.29. The zero-order valence-electron chi connectivity index (χ0n) is 15.5. The molecule has 146 valence electrons. The smallest absolute Gasteiger partial charge is 0.339 e. The Bertz CT molecular complexity index is 808. The zero-order chi connectivity index (χ0) is 19.6. The summed E-state index contributed by atoms with van der Waals surface area (Å²) in [5, 5.41) is 3.83. The van der Waals surface area contributed by atoms with Crippen LogP contribution in [-0.2, 0) is 24.1 Å². The van der Waals surface area contributed by atoms with E-state index in [4.69, 9.17) is 0 Å². The predicted molar refractivity (Wildman–Crippen MR) is 95.0 cm³/mol. The van der Waals surface area contributed by atoms with Gasteiger partial charge >= 0.3 is 6.18 Å². The van der Waals surface area contributed by atoms with Gasteiger partial charge < -0.3 is 4.90 Å². The van der Waals surface area contributed by atoms with Crippen LogP contribution in [0.5, 0.6) is 0 Å². The van der Waals surface area contributed by atoms with Gasteiger partial charge in [-0.05, 0) is 31.0 Å². The number of aryl methyl sites for hydroxylation is 2. The second-order valence-electron chi connectivity index (χ2n) is 6.91. The third-order valence-electron chi connectivity index (χ3n) is 4.86. The molecule has 27 heavy (non-hydrogen) atoms. The number of hydrogen-bond acceptors (Lipinski definition) is 3. The van der Waals surface area contributed by atoms with Crippen molar-refractivity contribution in [1.82, 2.24) is 19.6 Å². The fourth-order valence-electron chi connectivity index (χ4n) is 3.31. The summed E-state index contributed by atoms with van der Waals surface area (Å²) in [6.45, 7) is 6.39. The molecule has 0 aliphatic carbocycles. The van der Waals surface area contributed by atoms with E-state index in [1.165, 1.54) is 18.1 Å². The van der Waals surface area contributed by atoms with Crippen LogP contribution in [0.2, 0.25) is 0 Å². The highest BCUT2D eigenvalue weighted by molar-refractivity contribution is 5.76. The van der Waals surface area contributed by atoms with Crippen LogP contribution in [0.25, 0.3) is 0 Å². The summed E-state index contributed by atoms with van der Waals surface area (Å²) in [5.41, 5.74) is 1.84. The van der Waals surface area contributed by atoms with E-state index in [1.807, 2.05) is 12.1 Å². The van der Waals surface area contributed by atoms with Gasteiger partial charge in [-0.25, -0.2) is 0 Å². The van der Waals surface area contributed by atoms with E-state index in [0.717, 1.165) is 17.3 Å². The first kappa shape index (κ1) is 19.4. The third-order valence-corrected chi connectivity index (χ3v) is 4.86. The number of amides is 1. The maximum Gasteiger partial charge on any atom is 0.433 e. The molecular weight excluding hydrogens is 357 g/mol. The standard InChI is InChI=1S/C19H23F3N4O/c1-14-5-3-4-6-16(14)12-24-7-9-25(10-8-24)18(27)13-26-17(19(20,21)22)11-15(2)23-26/h3-6,11H,7-10,12-13H2,1-2H3. The van der Waals surface area contributed by atoms with Gasteiger partial charge in [0.15, 0.2) is 0 Å². The molecule has 0 atom stereocenters. The molecular formula is C19H23F3N4O. The van der Waals surface area contributed by atoms with Crippen molar-refractivity contribution in [1.29, 1.82) is 0 Å². The summed E-state index contributed by atoms with van der Waals surface area (Å²) < 4.78 is 39.9. The maximum atomic E-state index is 13.1. The van der Waals surface area contributed by atoms with Crippen LogP contribution >= 0.6 is 0 Å². The van der Waals surface area contributed by atoms with Crippen molar-refractivity contribution in [3.05, 3.63) is 52.8 Å². The number of carbonyl (C=O) groups excluding carboxylic acids is 1. The van der Waals surface area contributed by atoms with Crippen molar-refractivity contribution < 1.29 is 18.0 Å². The zero-order valence-corrected chi connectivity index (χ0v) is 15.5. The van der Waals surface area contributed by atoms with Crippen LogP contribution in [0.1, 0.15) is 22.5 Å². The first-order valence-electron chi connectivity index (χ1n) is 8.90. The number of benzene rings is 1. The minimum absolute atomic E-state index is 0.248. The normalized spacial score (nSPS) is 16.0. The molecule has 3 rings (SSSR count). The Morgan fingerprint density at radius 2 is 1.78 bits per heavy atom. The Kier molecular flexibility index (Phi) is 5.55. The summed E-state index contributed by atoms with van der Waals surface area (Å²) in [5.74, 6) is -0.334. The molecule has 8 heteroatoms. The van der Waals surface area contributed by atoms with E-state index >= 15 is 0 Å². The number of nitrogens with zero attached hydrogens (tertiary/aromatic N) is 4. The van der Waals surface area contributed by atoms with Gasteiger partial charge in [-0.15, -0.1) is 0 Å². The van der Waals surface area contributed by atoms with Gasteiger partial charge in [-0.3, -0.25) is 14.4 Å².